The molecular formula is C10H15F2NO3. The Hall–Kier alpha value is -0.750. The molecule has 0 aromatic rings. The number of nitrogens with one attached hydrogen (secondary N) is 1. The lowest BCUT2D eigenvalue weighted by molar-refractivity contribution is -0.147. The van der Waals surface area contributed by atoms with E-state index in [1.54, 1.807) is 0 Å². The van der Waals surface area contributed by atoms with Gasteiger partial charge in [-0.25, -0.2) is 0 Å². The maximum absolute atomic E-state index is 12.8. The van der Waals surface area contributed by atoms with E-state index in [0.29, 0.717) is 26.2 Å². The molecule has 92 valence electrons. The maximum atomic E-state index is 12.8. The van der Waals surface area contributed by atoms with Gasteiger partial charge in [0.25, 0.3) is 5.91 Å². The van der Waals surface area contributed by atoms with Crippen molar-refractivity contribution in [2.24, 2.45) is 5.92 Å². The zero-order valence-corrected chi connectivity index (χ0v) is 8.91. The molecule has 0 spiro atoms. The van der Waals surface area contributed by atoms with Crippen LogP contribution in [-0.4, -0.2) is 39.8 Å². The molecule has 0 heterocycles. The molecule has 2 saturated carbocycles. The maximum Gasteiger partial charge on any atom is 0.321 e. The van der Waals surface area contributed by atoms with Crippen molar-refractivity contribution in [1.82, 2.24) is 5.32 Å². The van der Waals surface area contributed by atoms with Crippen LogP contribution in [0.15, 0.2) is 0 Å². The molecule has 2 unspecified atom stereocenters. The Morgan fingerprint density at radius 1 is 1.50 bits per heavy atom. The molecule has 4 atom stereocenters. The molecule has 3 N–H and O–H groups in total. The molecule has 2 aliphatic rings. The molecule has 0 aromatic carbocycles. The second-order valence-corrected chi connectivity index (χ2v) is 4.94. The summed E-state index contributed by atoms with van der Waals surface area (Å²) in [4.78, 5) is 11.2. The van der Waals surface area contributed by atoms with Gasteiger partial charge in [-0.1, -0.05) is 0 Å². The molecule has 0 radical (unpaired) electrons. The lowest BCUT2D eigenvalue weighted by Gasteiger charge is -2.35. The Kier molecular flexibility index (Phi) is 2.47. The van der Waals surface area contributed by atoms with Crippen LogP contribution in [0.25, 0.3) is 0 Å². The average Bonchev–Trinajstić information content (AvgIpc) is 2.66. The quantitative estimate of drug-likeness (QED) is 0.632. The summed E-state index contributed by atoms with van der Waals surface area (Å²) in [6.45, 7) is 0.517. The van der Waals surface area contributed by atoms with Crippen molar-refractivity contribution < 1.29 is 23.8 Å². The van der Waals surface area contributed by atoms with Gasteiger partial charge in [0, 0.05) is 6.92 Å². The highest BCUT2D eigenvalue weighted by atomic mass is 19.3. The Bertz CT molecular complexity index is 318. The number of hydrogen-bond donors (Lipinski definition) is 3. The highest BCUT2D eigenvalue weighted by molar-refractivity contribution is 5.83. The van der Waals surface area contributed by atoms with Crippen molar-refractivity contribution in [2.45, 2.75) is 49.9 Å². The average molecular weight is 235 g/mol. The van der Waals surface area contributed by atoms with Crippen molar-refractivity contribution in [3.8, 4) is 0 Å². The van der Waals surface area contributed by atoms with E-state index in [2.05, 4.69) is 5.32 Å². The van der Waals surface area contributed by atoms with Gasteiger partial charge in [-0.05, 0) is 25.2 Å². The molecule has 0 saturated heterocycles. The Balaban J connectivity index is 2.13. The smallest absolute Gasteiger partial charge is 0.321 e. The molecule has 2 bridgehead atoms. The summed E-state index contributed by atoms with van der Waals surface area (Å²) in [5, 5.41) is 21.5. The third-order valence-electron chi connectivity index (χ3n) is 3.72. The fourth-order valence-electron chi connectivity index (χ4n) is 2.78. The summed E-state index contributed by atoms with van der Waals surface area (Å²) >= 11 is 0. The summed E-state index contributed by atoms with van der Waals surface area (Å²) < 4.78 is 25.5. The molecule has 1 amide bonds. The third kappa shape index (κ3) is 1.60. The van der Waals surface area contributed by atoms with E-state index in [1.807, 2.05) is 0 Å². The first-order chi connectivity index (χ1) is 7.26. The number of amides is 1. The number of fused-ring (bicyclic) bond motifs is 2. The number of halogens is 2. The van der Waals surface area contributed by atoms with E-state index in [4.69, 9.17) is 0 Å². The fraction of sp³-hybridized carbons (Fsp3) is 0.900. The number of hydrogen-bond acceptors (Lipinski definition) is 3. The normalized spacial score (nSPS) is 42.4. The first-order valence-electron chi connectivity index (χ1n) is 5.33. The topological polar surface area (TPSA) is 69.6 Å². The summed E-state index contributed by atoms with van der Waals surface area (Å²) in [7, 11) is 0. The molecule has 0 aromatic heterocycles. The molecular weight excluding hydrogens is 220 g/mol. The minimum atomic E-state index is -3.46. The molecule has 2 rings (SSSR count). The number of carbonyl (C=O) groups excluding carboxylic acids is 1. The van der Waals surface area contributed by atoms with Crippen LogP contribution in [0.1, 0.15) is 26.2 Å². The van der Waals surface area contributed by atoms with Crippen molar-refractivity contribution in [2.75, 3.05) is 0 Å². The van der Waals surface area contributed by atoms with E-state index in [9.17, 15) is 23.8 Å². The van der Waals surface area contributed by atoms with Crippen LogP contribution in [0, 0.1) is 5.92 Å². The highest BCUT2D eigenvalue weighted by Crippen LogP contribution is 2.48. The lowest BCUT2D eigenvalue weighted by Crippen LogP contribution is -2.59. The SMILES string of the molecule is CC(F)(F)C(=O)NC12CCC(C1)[C@H](O)[C@@H]2O. The fourth-order valence-corrected chi connectivity index (χ4v) is 2.78. The van der Waals surface area contributed by atoms with Gasteiger partial charge in [-0.15, -0.1) is 0 Å². The largest absolute Gasteiger partial charge is 0.390 e. The van der Waals surface area contributed by atoms with Gasteiger partial charge in [0.2, 0.25) is 0 Å². The number of aliphatic hydroxyl groups excluding tert-OH is 2. The zero-order chi connectivity index (χ0) is 12.1. The molecule has 6 heteroatoms. The standard InChI is InChI=1S/C10H15F2NO3/c1-9(11,12)8(16)13-10-3-2-5(4-10)6(14)7(10)15/h5-7,14-15H,2-4H2,1H3,(H,13,16)/t5?,6-,7-,10?/m0/s1. The summed E-state index contributed by atoms with van der Waals surface area (Å²) in [5.74, 6) is -4.94. The van der Waals surface area contributed by atoms with Crippen LogP contribution in [0.5, 0.6) is 0 Å². The minimum Gasteiger partial charge on any atom is -0.390 e. The molecule has 16 heavy (non-hydrogen) atoms. The van der Waals surface area contributed by atoms with Crippen LogP contribution >= 0.6 is 0 Å². The van der Waals surface area contributed by atoms with Gasteiger partial charge in [-0.2, -0.15) is 8.78 Å². The second-order valence-electron chi connectivity index (χ2n) is 4.94. The molecule has 2 fully saturated rings. The second kappa shape index (κ2) is 3.37. The predicted molar refractivity (Wildman–Crippen MR) is 50.8 cm³/mol. The zero-order valence-electron chi connectivity index (χ0n) is 8.91. The van der Waals surface area contributed by atoms with E-state index < -0.39 is 29.6 Å². The van der Waals surface area contributed by atoms with Crippen molar-refractivity contribution >= 4 is 5.91 Å². The van der Waals surface area contributed by atoms with Crippen molar-refractivity contribution in [3.05, 3.63) is 0 Å². The van der Waals surface area contributed by atoms with Crippen LogP contribution < -0.4 is 5.32 Å². The Morgan fingerprint density at radius 2 is 2.12 bits per heavy atom. The van der Waals surface area contributed by atoms with Gasteiger partial charge < -0.3 is 15.5 Å². The Morgan fingerprint density at radius 3 is 2.56 bits per heavy atom. The molecule has 0 aliphatic heterocycles. The first kappa shape index (κ1) is 11.7. The van der Waals surface area contributed by atoms with Gasteiger partial charge in [0.15, 0.2) is 0 Å². The number of carbonyl (C=O) groups is 1. The summed E-state index contributed by atoms with van der Waals surface area (Å²) in [6, 6.07) is 0. The van der Waals surface area contributed by atoms with E-state index in [0.717, 1.165) is 0 Å². The number of aliphatic hydroxyl groups is 2. The number of rotatable bonds is 2. The summed E-state index contributed by atoms with van der Waals surface area (Å²) in [5.41, 5.74) is -1.05. The Labute approximate surface area is 91.6 Å². The van der Waals surface area contributed by atoms with Crippen LogP contribution in [0.2, 0.25) is 0 Å². The molecule has 2 aliphatic carbocycles. The lowest BCUT2D eigenvalue weighted by atomic mass is 9.88. The van der Waals surface area contributed by atoms with E-state index >= 15 is 0 Å². The monoisotopic (exact) mass is 235 g/mol. The van der Waals surface area contributed by atoms with Crippen molar-refractivity contribution in [1.29, 1.82) is 0 Å². The van der Waals surface area contributed by atoms with E-state index in [-0.39, 0.29) is 5.92 Å². The van der Waals surface area contributed by atoms with Gasteiger partial charge >= 0.3 is 5.92 Å². The van der Waals surface area contributed by atoms with Gasteiger partial charge in [0.05, 0.1) is 11.6 Å². The minimum absolute atomic E-state index is 0.0965. The third-order valence-corrected chi connectivity index (χ3v) is 3.72. The van der Waals surface area contributed by atoms with Gasteiger partial charge in [-0.3, -0.25) is 4.79 Å². The van der Waals surface area contributed by atoms with Gasteiger partial charge in [0.1, 0.15) is 6.10 Å². The molecule has 4 nitrogen and oxygen atoms in total. The highest BCUT2D eigenvalue weighted by Gasteiger charge is 2.58. The summed E-state index contributed by atoms with van der Waals surface area (Å²) in [6.07, 6.45) is -0.597. The number of alkyl halides is 2. The van der Waals surface area contributed by atoms with Crippen molar-refractivity contribution in [3.63, 3.8) is 0 Å². The van der Waals surface area contributed by atoms with Crippen LogP contribution in [0.3, 0.4) is 0 Å². The predicted octanol–water partition coefficient (Wildman–Crippen LogP) is 0.0321. The van der Waals surface area contributed by atoms with E-state index in [1.165, 1.54) is 0 Å². The van der Waals surface area contributed by atoms with Crippen LogP contribution in [0.4, 0.5) is 8.78 Å². The van der Waals surface area contributed by atoms with Crippen LogP contribution in [-0.2, 0) is 4.79 Å². The first-order valence-corrected chi connectivity index (χ1v) is 5.33.